The molecular weight excluding hydrogens is 384 g/mol. The van der Waals surface area contributed by atoms with Gasteiger partial charge >= 0.3 is 11.0 Å². The van der Waals surface area contributed by atoms with Crippen LogP contribution in [0, 0.1) is 5.41 Å². The maximum absolute atomic E-state index is 12.5. The fourth-order valence-corrected chi connectivity index (χ4v) is 4.40. The number of aromatic nitrogens is 1. The number of piperazine rings is 1. The minimum absolute atomic E-state index is 0.0706. The molecule has 1 aromatic heterocycles. The van der Waals surface area contributed by atoms with E-state index in [1.54, 1.807) is 0 Å². The van der Waals surface area contributed by atoms with Crippen molar-refractivity contribution in [1.82, 2.24) is 20.1 Å². The van der Waals surface area contributed by atoms with E-state index in [0.29, 0.717) is 23.7 Å². The Balaban J connectivity index is 1.52. The Bertz CT molecular complexity index is 897. The summed E-state index contributed by atoms with van der Waals surface area (Å²) in [6.07, 6.45) is 2.69. The average Bonchev–Trinajstić information content (AvgIpc) is 3.08. The van der Waals surface area contributed by atoms with Gasteiger partial charge in [0.05, 0.1) is 0 Å². The molecule has 29 heavy (non-hydrogen) atoms. The number of benzene rings is 1. The normalized spacial score (nSPS) is 21.2. The van der Waals surface area contributed by atoms with Crippen molar-refractivity contribution in [3.63, 3.8) is 0 Å². The van der Waals surface area contributed by atoms with Crippen LogP contribution in [0.2, 0.25) is 0 Å². The van der Waals surface area contributed by atoms with E-state index in [2.05, 4.69) is 42.2 Å². The average molecular weight is 416 g/mol. The lowest BCUT2D eigenvalue weighted by Gasteiger charge is -2.42. The fraction of sp³-hybridized carbons (Fsp3) is 0.476. The molecule has 1 aliphatic heterocycles. The second-order valence-electron chi connectivity index (χ2n) is 7.98. The summed E-state index contributed by atoms with van der Waals surface area (Å²) in [6, 6.07) is 8.76. The molecule has 2 heterocycles. The Labute approximate surface area is 176 Å². The van der Waals surface area contributed by atoms with Crippen LogP contribution in [0.5, 0.6) is 0 Å². The summed E-state index contributed by atoms with van der Waals surface area (Å²) in [5.74, 6) is -0.317. The highest BCUT2D eigenvalue weighted by molar-refractivity contribution is 8.27. The van der Waals surface area contributed by atoms with E-state index in [1.165, 1.54) is 5.39 Å². The number of likely N-dealkylation sites (N-methyl/N-ethyl adjacent to an activating group) is 1. The zero-order valence-corrected chi connectivity index (χ0v) is 18.3. The van der Waals surface area contributed by atoms with Gasteiger partial charge in [0.25, 0.3) is 0 Å². The molecule has 1 saturated heterocycles. The van der Waals surface area contributed by atoms with Crippen LogP contribution in [0.15, 0.2) is 30.5 Å². The molecule has 1 fully saturated rings. The fourth-order valence-electron chi connectivity index (χ4n) is 3.76. The van der Waals surface area contributed by atoms with Crippen LogP contribution in [-0.2, 0) is 11.2 Å². The molecule has 0 saturated carbocycles. The minimum atomic E-state index is -0.317. The van der Waals surface area contributed by atoms with Crippen LogP contribution in [0.1, 0.15) is 26.3 Å². The van der Waals surface area contributed by atoms with Gasteiger partial charge in [0.1, 0.15) is 0 Å². The lowest BCUT2D eigenvalue weighted by molar-refractivity contribution is -0.133. The first kappa shape index (κ1) is 21.4. The second-order valence-corrected chi connectivity index (χ2v) is 9.01. The topological polar surface area (TPSA) is 101 Å². The van der Waals surface area contributed by atoms with Gasteiger partial charge in [0.15, 0.2) is 5.17 Å². The quantitative estimate of drug-likeness (QED) is 0.445. The Morgan fingerprint density at radius 3 is 2.69 bits per heavy atom. The zero-order valence-electron chi connectivity index (χ0n) is 17.5. The van der Waals surface area contributed by atoms with Crippen molar-refractivity contribution >= 4 is 38.8 Å². The molecule has 0 bridgehead atoms. The minimum Gasteiger partial charge on any atom is -0.361 e. The number of nitrogens with two attached hydrogens (primary N) is 1. The first-order valence-corrected chi connectivity index (χ1v) is 10.8. The van der Waals surface area contributed by atoms with Crippen LogP contribution >= 0.6 is 11.8 Å². The number of para-hydroxylation sites is 1. The van der Waals surface area contributed by atoms with E-state index < -0.39 is 0 Å². The number of hydrogen-bond donors (Lipinski definition) is 4. The molecular formula is C21H31N6OS+. The smallest absolute Gasteiger partial charge is 0.323 e. The number of thioether (sulfide) groups is 1. The predicted molar refractivity (Wildman–Crippen MR) is 120 cm³/mol. The van der Waals surface area contributed by atoms with E-state index in [9.17, 15) is 4.79 Å². The first-order chi connectivity index (χ1) is 13.8. The number of nitrogens with zero attached hydrogens (tertiary/aromatic N) is 2. The van der Waals surface area contributed by atoms with Crippen LogP contribution in [0.4, 0.5) is 0 Å². The van der Waals surface area contributed by atoms with E-state index in [0.717, 1.165) is 35.9 Å². The zero-order chi connectivity index (χ0) is 21.1. The highest BCUT2D eigenvalue weighted by atomic mass is 32.2. The molecule has 0 aliphatic carbocycles. The molecule has 1 unspecified atom stereocenters. The van der Waals surface area contributed by atoms with Gasteiger partial charge in [0.2, 0.25) is 0 Å². The monoisotopic (exact) mass is 415 g/mol. The van der Waals surface area contributed by atoms with E-state index in [4.69, 9.17) is 10.8 Å². The molecule has 5 N–H and O–H groups in total. The standard InChI is InChI=1S/C21H30N6OS/c1-13(9-16-10-24-18-8-6-5-7-17(16)18)25-20(28)19(22)29-21(23)27-11-14(2)26(4)15(3)12-27/h5-8,10,13-15,22-24H,9,11-12H2,1-4H3,(H,25,28)/p+1/t13?,14-,15+. The summed E-state index contributed by atoms with van der Waals surface area (Å²) in [5.41, 5.74) is 2.25. The molecule has 3 atom stereocenters. The Hall–Kier alpha value is -2.32. The summed E-state index contributed by atoms with van der Waals surface area (Å²) in [7, 11) is 2.10. The van der Waals surface area contributed by atoms with Gasteiger partial charge in [-0.05, 0) is 45.9 Å². The maximum atomic E-state index is 12.5. The van der Waals surface area contributed by atoms with Gasteiger partial charge in [-0.1, -0.05) is 18.2 Å². The number of carbonyl (C=O) groups is 1. The highest BCUT2D eigenvalue weighted by Gasteiger charge is 2.30. The third kappa shape index (κ3) is 5.00. The second kappa shape index (κ2) is 9.00. The van der Waals surface area contributed by atoms with Gasteiger partial charge in [-0.2, -0.15) is 0 Å². The van der Waals surface area contributed by atoms with E-state index >= 15 is 0 Å². The molecule has 0 spiro atoms. The van der Waals surface area contributed by atoms with Gasteiger partial charge in [-0.25, -0.2) is 5.41 Å². The highest BCUT2D eigenvalue weighted by Crippen LogP contribution is 2.20. The largest absolute Gasteiger partial charge is 0.361 e. The van der Waals surface area contributed by atoms with Crippen molar-refractivity contribution in [3.05, 3.63) is 36.0 Å². The lowest BCUT2D eigenvalue weighted by Crippen LogP contribution is -2.57. The van der Waals surface area contributed by atoms with Crippen LogP contribution < -0.4 is 10.7 Å². The summed E-state index contributed by atoms with van der Waals surface area (Å²) < 4.78 is 0. The molecule has 3 rings (SSSR count). The molecule has 1 amide bonds. The van der Waals surface area contributed by atoms with Crippen molar-refractivity contribution in [1.29, 1.82) is 5.41 Å². The van der Waals surface area contributed by atoms with Gasteiger partial charge < -0.3 is 15.2 Å². The van der Waals surface area contributed by atoms with Gasteiger partial charge in [-0.15, -0.1) is 0 Å². The number of nitrogens with one attached hydrogen (secondary N) is 3. The van der Waals surface area contributed by atoms with Crippen LogP contribution in [0.3, 0.4) is 0 Å². The molecule has 7 nitrogen and oxygen atoms in total. The summed E-state index contributed by atoms with van der Waals surface area (Å²) >= 11 is 1.04. The number of H-pyrrole nitrogens is 1. The number of aromatic amines is 1. The number of fused-ring (bicyclic) bond motifs is 1. The molecule has 1 aliphatic rings. The Morgan fingerprint density at radius 1 is 1.34 bits per heavy atom. The predicted octanol–water partition coefficient (Wildman–Crippen LogP) is 1.07. The molecule has 156 valence electrons. The molecule has 0 radical (unpaired) electrons. The van der Waals surface area contributed by atoms with Crippen LogP contribution in [-0.4, -0.2) is 69.2 Å². The number of carbonyl (C=O) groups excluding carboxylic acids is 1. The maximum Gasteiger partial charge on any atom is 0.323 e. The first-order valence-electron chi connectivity index (χ1n) is 9.97. The van der Waals surface area contributed by atoms with Crippen molar-refractivity contribution in [2.45, 2.75) is 45.3 Å². The van der Waals surface area contributed by atoms with Gasteiger partial charge in [0, 0.05) is 60.1 Å². The number of hydrogen-bond acceptors (Lipinski definition) is 4. The number of rotatable bonds is 3. The lowest BCUT2D eigenvalue weighted by atomic mass is 10.1. The summed E-state index contributed by atoms with van der Waals surface area (Å²) in [4.78, 5) is 20.1. The molecule has 2 aromatic rings. The third-order valence-corrected chi connectivity index (χ3v) is 6.51. The van der Waals surface area contributed by atoms with Crippen molar-refractivity contribution in [3.8, 4) is 0 Å². The van der Waals surface area contributed by atoms with Crippen molar-refractivity contribution in [2.24, 2.45) is 0 Å². The SMILES string of the molecule is CC(Cc1c[nH]c2ccccc12)NC(=O)C(=[NH2+])SC(=N)N1C[C@@H](C)N(C)[C@@H](C)C1. The summed E-state index contributed by atoms with van der Waals surface area (Å²) in [5, 5.41) is 18.9. The van der Waals surface area contributed by atoms with Crippen molar-refractivity contribution < 1.29 is 10.2 Å². The van der Waals surface area contributed by atoms with Crippen molar-refractivity contribution in [2.75, 3.05) is 20.1 Å². The third-order valence-electron chi connectivity index (χ3n) is 5.66. The van der Waals surface area contributed by atoms with Crippen LogP contribution in [0.25, 0.3) is 10.9 Å². The number of amides is 1. The Morgan fingerprint density at radius 2 is 2.00 bits per heavy atom. The van der Waals surface area contributed by atoms with E-state index in [1.807, 2.05) is 36.2 Å². The number of amidine groups is 1. The molecule has 1 aromatic carbocycles. The molecule has 8 heteroatoms. The van der Waals surface area contributed by atoms with E-state index in [-0.39, 0.29) is 17.0 Å². The Kier molecular flexibility index (Phi) is 6.64. The summed E-state index contributed by atoms with van der Waals surface area (Å²) in [6.45, 7) is 7.78. The van der Waals surface area contributed by atoms with Gasteiger partial charge in [-0.3, -0.25) is 15.1 Å².